The number of alkyl halides is 3. The molecule has 5 rings (SSSR count). The standard InChI is InChI=1S/C26H26F3N3O3.CO2/c1-2-34-22-13-18(12-19-15-30-23(14-21(19)22)26(27,28)29)16-31-10-8-25(9-11-31)17-32(24(33)35-25)20-6-4-3-5-7-20;2-1-3/h3-7,12-15H,2,8-11,16-17H2,1H3;. The van der Waals surface area contributed by atoms with Crippen molar-refractivity contribution in [3.05, 3.63) is 66.0 Å². The van der Waals surface area contributed by atoms with E-state index in [1.807, 2.05) is 42.5 Å². The molecule has 1 aromatic heterocycles. The largest absolute Gasteiger partial charge is 0.493 e. The Morgan fingerprint density at radius 2 is 1.79 bits per heavy atom. The van der Waals surface area contributed by atoms with Crippen LogP contribution in [0.2, 0.25) is 0 Å². The number of hydrogen-bond acceptors (Lipinski definition) is 7. The Labute approximate surface area is 216 Å². The van der Waals surface area contributed by atoms with Crippen molar-refractivity contribution in [3.8, 4) is 5.75 Å². The predicted octanol–water partition coefficient (Wildman–Crippen LogP) is 5.06. The number of piperidine rings is 1. The fourth-order valence-electron chi connectivity index (χ4n) is 4.87. The van der Waals surface area contributed by atoms with Crippen LogP contribution >= 0.6 is 0 Å². The van der Waals surface area contributed by atoms with Gasteiger partial charge in [-0.15, -0.1) is 0 Å². The molecule has 11 heteroatoms. The topological polar surface area (TPSA) is 89.0 Å². The van der Waals surface area contributed by atoms with Crippen LogP contribution in [0.3, 0.4) is 0 Å². The maximum atomic E-state index is 13.1. The zero-order chi connectivity index (χ0) is 27.3. The molecule has 2 aliphatic heterocycles. The maximum Gasteiger partial charge on any atom is 0.433 e. The highest BCUT2D eigenvalue weighted by molar-refractivity contribution is 5.90. The lowest BCUT2D eigenvalue weighted by atomic mass is 9.91. The normalized spacial score (nSPS) is 17.1. The molecule has 2 saturated heterocycles. The van der Waals surface area contributed by atoms with E-state index in [2.05, 4.69) is 9.88 Å². The van der Waals surface area contributed by atoms with Crippen molar-refractivity contribution in [1.29, 1.82) is 0 Å². The highest BCUT2D eigenvalue weighted by Gasteiger charge is 2.47. The quantitative estimate of drug-likeness (QED) is 0.457. The van der Waals surface area contributed by atoms with Crippen molar-refractivity contribution in [2.75, 3.05) is 31.1 Å². The summed E-state index contributed by atoms with van der Waals surface area (Å²) in [5, 5.41) is 1.00. The van der Waals surface area contributed by atoms with Gasteiger partial charge in [0.25, 0.3) is 0 Å². The number of anilines is 1. The van der Waals surface area contributed by atoms with E-state index in [0.29, 0.717) is 49.1 Å². The van der Waals surface area contributed by atoms with E-state index < -0.39 is 17.5 Å². The van der Waals surface area contributed by atoms with E-state index in [9.17, 15) is 18.0 Å². The van der Waals surface area contributed by atoms with Gasteiger partial charge in [-0.1, -0.05) is 18.2 Å². The summed E-state index contributed by atoms with van der Waals surface area (Å²) in [5.74, 6) is 0.421. The number of likely N-dealkylation sites (tertiary alicyclic amines) is 1. The summed E-state index contributed by atoms with van der Waals surface area (Å²) in [6.45, 7) is 4.77. The second-order valence-electron chi connectivity index (χ2n) is 9.15. The van der Waals surface area contributed by atoms with Crippen LogP contribution in [0.4, 0.5) is 23.7 Å². The number of rotatable bonds is 5. The molecule has 0 radical (unpaired) electrons. The van der Waals surface area contributed by atoms with Gasteiger partial charge in [0.05, 0.1) is 13.2 Å². The predicted molar refractivity (Wildman–Crippen MR) is 130 cm³/mol. The monoisotopic (exact) mass is 529 g/mol. The van der Waals surface area contributed by atoms with Gasteiger partial charge < -0.3 is 9.47 Å². The molecule has 2 fully saturated rings. The first-order chi connectivity index (χ1) is 18.2. The minimum absolute atomic E-state index is 0.250. The summed E-state index contributed by atoms with van der Waals surface area (Å²) in [6.07, 6.45) is -1.90. The molecule has 0 N–H and O–H groups in total. The number of carbonyl (C=O) groups is 1. The average molecular weight is 530 g/mol. The number of fused-ring (bicyclic) bond motifs is 1. The molecule has 0 unspecified atom stereocenters. The van der Waals surface area contributed by atoms with E-state index in [4.69, 9.17) is 19.1 Å². The molecule has 0 atom stereocenters. The molecule has 3 aromatic rings. The number of pyridine rings is 1. The Hall–Kier alpha value is -3.95. The lowest BCUT2D eigenvalue weighted by Crippen LogP contribution is -2.46. The molecule has 1 spiro atoms. The fourth-order valence-corrected chi connectivity index (χ4v) is 4.87. The number of nitrogens with zero attached hydrogens (tertiary/aromatic N) is 3. The van der Waals surface area contributed by atoms with Crippen molar-refractivity contribution in [2.45, 2.75) is 38.1 Å². The van der Waals surface area contributed by atoms with Gasteiger partial charge in [0.2, 0.25) is 0 Å². The summed E-state index contributed by atoms with van der Waals surface area (Å²) in [7, 11) is 0. The molecule has 200 valence electrons. The van der Waals surface area contributed by atoms with Crippen molar-refractivity contribution < 1.29 is 37.0 Å². The Kier molecular flexibility index (Phi) is 7.99. The van der Waals surface area contributed by atoms with E-state index in [0.717, 1.165) is 30.4 Å². The molecule has 0 bridgehead atoms. The van der Waals surface area contributed by atoms with Crippen LogP contribution in [0.1, 0.15) is 31.0 Å². The minimum atomic E-state index is -4.51. The van der Waals surface area contributed by atoms with Crippen molar-refractivity contribution in [3.63, 3.8) is 0 Å². The number of ether oxygens (including phenoxy) is 2. The second-order valence-corrected chi connectivity index (χ2v) is 9.15. The number of benzene rings is 2. The lowest BCUT2D eigenvalue weighted by Gasteiger charge is -2.37. The Morgan fingerprint density at radius 3 is 2.42 bits per heavy atom. The molecule has 3 heterocycles. The maximum absolute atomic E-state index is 13.1. The molecule has 2 aliphatic rings. The van der Waals surface area contributed by atoms with Crippen LogP contribution in [0.15, 0.2) is 54.7 Å². The fraction of sp³-hybridized carbons (Fsp3) is 0.370. The van der Waals surface area contributed by atoms with Gasteiger partial charge in [0.1, 0.15) is 17.0 Å². The number of carbonyl (C=O) groups excluding carboxylic acids is 3. The summed E-state index contributed by atoms with van der Waals surface area (Å²) in [5.41, 5.74) is 0.337. The molecule has 0 aliphatic carbocycles. The van der Waals surface area contributed by atoms with E-state index in [-0.39, 0.29) is 12.2 Å². The molecule has 8 nitrogen and oxygen atoms in total. The van der Waals surface area contributed by atoms with Crippen LogP contribution in [-0.4, -0.2) is 54.0 Å². The SMILES string of the molecule is CCOc1cc(CN2CCC3(CC2)CN(c2ccccc2)C(=O)O3)cc2cnc(C(F)(F)F)cc12.O=C=O. The van der Waals surface area contributed by atoms with E-state index in [1.54, 1.807) is 11.8 Å². The van der Waals surface area contributed by atoms with Gasteiger partial charge in [-0.3, -0.25) is 14.8 Å². The third kappa shape index (κ3) is 5.95. The highest BCUT2D eigenvalue weighted by Crippen LogP contribution is 2.37. The molecule has 2 aromatic carbocycles. The van der Waals surface area contributed by atoms with Gasteiger partial charge in [0, 0.05) is 55.1 Å². The first kappa shape index (κ1) is 27.1. The van der Waals surface area contributed by atoms with Crippen LogP contribution in [0.25, 0.3) is 10.8 Å². The Morgan fingerprint density at radius 1 is 1.11 bits per heavy atom. The highest BCUT2D eigenvalue weighted by atomic mass is 19.4. The van der Waals surface area contributed by atoms with Gasteiger partial charge in [-0.05, 0) is 42.8 Å². The average Bonchev–Trinajstić information content (AvgIpc) is 3.21. The van der Waals surface area contributed by atoms with E-state index in [1.165, 1.54) is 6.20 Å². The van der Waals surface area contributed by atoms with Crippen molar-refractivity contribution in [2.24, 2.45) is 0 Å². The number of aromatic nitrogens is 1. The summed E-state index contributed by atoms with van der Waals surface area (Å²) < 4.78 is 51.0. The zero-order valence-electron chi connectivity index (χ0n) is 20.7. The van der Waals surface area contributed by atoms with E-state index >= 15 is 0 Å². The van der Waals surface area contributed by atoms with Gasteiger partial charge in [0.15, 0.2) is 0 Å². The number of hydrogen-bond donors (Lipinski definition) is 0. The van der Waals surface area contributed by atoms with Crippen LogP contribution in [0.5, 0.6) is 5.75 Å². The lowest BCUT2D eigenvalue weighted by molar-refractivity contribution is -0.191. The van der Waals surface area contributed by atoms with Crippen LogP contribution in [-0.2, 0) is 27.0 Å². The van der Waals surface area contributed by atoms with Gasteiger partial charge >= 0.3 is 18.4 Å². The third-order valence-electron chi connectivity index (χ3n) is 6.66. The molecule has 0 saturated carbocycles. The number of para-hydroxylation sites is 1. The molecule has 1 amide bonds. The van der Waals surface area contributed by atoms with Crippen LogP contribution < -0.4 is 9.64 Å². The first-order valence-corrected chi connectivity index (χ1v) is 12.1. The third-order valence-corrected chi connectivity index (χ3v) is 6.66. The number of halogens is 3. The molecular weight excluding hydrogens is 503 g/mol. The summed E-state index contributed by atoms with van der Waals surface area (Å²) >= 11 is 0. The van der Waals surface area contributed by atoms with Gasteiger partial charge in [-0.25, -0.2) is 4.79 Å². The Balaban J connectivity index is 0.00000107. The van der Waals surface area contributed by atoms with Crippen molar-refractivity contribution >= 4 is 28.7 Å². The molecule has 38 heavy (non-hydrogen) atoms. The summed E-state index contributed by atoms with van der Waals surface area (Å²) in [4.78, 5) is 36.3. The molecular formula is C27H26F3N3O5. The minimum Gasteiger partial charge on any atom is -0.493 e. The van der Waals surface area contributed by atoms with Gasteiger partial charge in [-0.2, -0.15) is 22.8 Å². The van der Waals surface area contributed by atoms with Crippen LogP contribution in [0, 0.1) is 0 Å². The van der Waals surface area contributed by atoms with Crippen molar-refractivity contribution in [1.82, 2.24) is 9.88 Å². The first-order valence-electron chi connectivity index (χ1n) is 12.1. The summed E-state index contributed by atoms with van der Waals surface area (Å²) in [6, 6.07) is 14.2. The Bertz CT molecular complexity index is 1320. The zero-order valence-corrected chi connectivity index (χ0v) is 20.7. The number of amides is 1. The second kappa shape index (κ2) is 11.2. The smallest absolute Gasteiger partial charge is 0.433 e.